The van der Waals surface area contributed by atoms with E-state index in [0.717, 1.165) is 14.6 Å². The van der Waals surface area contributed by atoms with E-state index in [4.69, 9.17) is 5.73 Å². The van der Waals surface area contributed by atoms with Crippen LogP contribution in [-0.4, -0.2) is 41.7 Å². The van der Waals surface area contributed by atoms with Crippen LogP contribution in [0.2, 0.25) is 0 Å². The normalized spacial score (nSPS) is 11.3. The Morgan fingerprint density at radius 2 is 2.09 bits per heavy atom. The second kappa shape index (κ2) is 8.15. The molecule has 0 saturated carbocycles. The molecule has 2 aromatic rings. The number of amides is 1. The fraction of sp³-hybridized carbons (Fsp3) is 0.467. The van der Waals surface area contributed by atoms with Crippen molar-refractivity contribution in [2.24, 2.45) is 11.1 Å². The molecule has 1 amide bonds. The average molecular weight is 360 g/mol. The first-order valence-electron chi connectivity index (χ1n) is 6.84. The zero-order valence-corrected chi connectivity index (χ0v) is 15.5. The standard InChI is InChI=1S/C15H21N3OS2.ClH/c1-15(2,9-16)10-18(3)13(19)8-20-14-17-11-6-4-5-7-12(11)21-14;/h4-7H,8-10,16H2,1-3H3;1H. The van der Waals surface area contributed by atoms with Crippen LogP contribution in [0.1, 0.15) is 13.8 Å². The van der Waals surface area contributed by atoms with Crippen LogP contribution in [0.15, 0.2) is 28.6 Å². The third kappa shape index (κ3) is 5.12. The van der Waals surface area contributed by atoms with E-state index in [0.29, 0.717) is 18.8 Å². The van der Waals surface area contributed by atoms with Gasteiger partial charge in [-0.3, -0.25) is 4.79 Å². The number of fused-ring (bicyclic) bond motifs is 1. The van der Waals surface area contributed by atoms with E-state index >= 15 is 0 Å². The summed E-state index contributed by atoms with van der Waals surface area (Å²) in [7, 11) is 1.83. The van der Waals surface area contributed by atoms with Crippen molar-refractivity contribution in [1.82, 2.24) is 9.88 Å². The minimum atomic E-state index is -0.0507. The lowest BCUT2D eigenvalue weighted by Crippen LogP contribution is -2.40. The topological polar surface area (TPSA) is 59.2 Å². The maximum absolute atomic E-state index is 12.2. The lowest BCUT2D eigenvalue weighted by molar-refractivity contribution is -0.128. The molecule has 1 aromatic heterocycles. The third-order valence-electron chi connectivity index (χ3n) is 3.24. The minimum Gasteiger partial charge on any atom is -0.344 e. The Labute approximate surface area is 145 Å². The van der Waals surface area contributed by atoms with Gasteiger partial charge in [-0.15, -0.1) is 23.7 Å². The van der Waals surface area contributed by atoms with Crippen LogP contribution in [0.5, 0.6) is 0 Å². The van der Waals surface area contributed by atoms with Gasteiger partial charge in [0.25, 0.3) is 0 Å². The van der Waals surface area contributed by atoms with Gasteiger partial charge in [0.15, 0.2) is 4.34 Å². The highest BCUT2D eigenvalue weighted by Crippen LogP contribution is 2.29. The molecule has 0 aliphatic carbocycles. The molecule has 0 saturated heterocycles. The van der Waals surface area contributed by atoms with E-state index in [-0.39, 0.29) is 23.7 Å². The van der Waals surface area contributed by atoms with Gasteiger partial charge < -0.3 is 10.6 Å². The lowest BCUT2D eigenvalue weighted by atomic mass is 9.93. The van der Waals surface area contributed by atoms with Crippen molar-refractivity contribution >= 4 is 51.6 Å². The smallest absolute Gasteiger partial charge is 0.232 e. The van der Waals surface area contributed by atoms with Crippen molar-refractivity contribution in [1.29, 1.82) is 0 Å². The first-order chi connectivity index (χ1) is 9.91. The van der Waals surface area contributed by atoms with E-state index < -0.39 is 0 Å². The van der Waals surface area contributed by atoms with Gasteiger partial charge in [0.2, 0.25) is 5.91 Å². The Hall–Kier alpha value is -0.820. The van der Waals surface area contributed by atoms with E-state index in [1.807, 2.05) is 25.2 Å². The summed E-state index contributed by atoms with van der Waals surface area (Å²) in [5.41, 5.74) is 6.66. The summed E-state index contributed by atoms with van der Waals surface area (Å²) in [4.78, 5) is 18.4. The van der Waals surface area contributed by atoms with Gasteiger partial charge in [-0.05, 0) is 24.1 Å². The van der Waals surface area contributed by atoms with Gasteiger partial charge in [0.1, 0.15) is 0 Å². The number of aromatic nitrogens is 1. The van der Waals surface area contributed by atoms with Crippen molar-refractivity contribution in [3.05, 3.63) is 24.3 Å². The Bertz CT molecular complexity index is 597. The largest absolute Gasteiger partial charge is 0.344 e. The fourth-order valence-electron chi connectivity index (χ4n) is 1.94. The van der Waals surface area contributed by atoms with Crippen LogP contribution in [0.3, 0.4) is 0 Å². The Kier molecular flexibility index (Phi) is 7.12. The third-order valence-corrected chi connectivity index (χ3v) is 5.40. The molecule has 1 heterocycles. The number of nitrogens with zero attached hydrogens (tertiary/aromatic N) is 2. The summed E-state index contributed by atoms with van der Waals surface area (Å²) in [5.74, 6) is 0.525. The number of halogens is 1. The van der Waals surface area contributed by atoms with Crippen molar-refractivity contribution in [3.63, 3.8) is 0 Å². The number of thioether (sulfide) groups is 1. The second-order valence-electron chi connectivity index (χ2n) is 5.85. The molecule has 0 aliphatic rings. The number of para-hydroxylation sites is 1. The van der Waals surface area contributed by atoms with Crippen molar-refractivity contribution in [2.45, 2.75) is 18.2 Å². The molecule has 0 radical (unpaired) electrons. The van der Waals surface area contributed by atoms with Gasteiger partial charge in [-0.2, -0.15) is 0 Å². The van der Waals surface area contributed by atoms with Crippen LogP contribution in [0.4, 0.5) is 0 Å². The van der Waals surface area contributed by atoms with E-state index in [2.05, 4.69) is 24.9 Å². The fourth-order valence-corrected chi connectivity index (χ4v) is 3.95. The highest BCUT2D eigenvalue weighted by molar-refractivity contribution is 8.01. The number of rotatable bonds is 6. The first kappa shape index (κ1) is 19.2. The predicted molar refractivity (Wildman–Crippen MR) is 98.1 cm³/mol. The number of nitrogens with two attached hydrogens (primary N) is 1. The molecule has 0 aliphatic heterocycles. The Morgan fingerprint density at radius 3 is 2.73 bits per heavy atom. The molecule has 1 aromatic carbocycles. The second-order valence-corrected chi connectivity index (χ2v) is 8.11. The SMILES string of the molecule is CN(CC(C)(C)CN)C(=O)CSc1nc2ccccc2s1.Cl. The van der Waals surface area contributed by atoms with Crippen molar-refractivity contribution in [3.8, 4) is 0 Å². The number of benzene rings is 1. The maximum Gasteiger partial charge on any atom is 0.232 e. The molecule has 7 heteroatoms. The zero-order valence-electron chi connectivity index (χ0n) is 13.0. The molecule has 122 valence electrons. The minimum absolute atomic E-state index is 0. The quantitative estimate of drug-likeness (QED) is 0.804. The van der Waals surface area contributed by atoms with Crippen molar-refractivity contribution in [2.75, 3.05) is 25.9 Å². The summed E-state index contributed by atoms with van der Waals surface area (Å²) in [6.45, 7) is 5.37. The first-order valence-corrected chi connectivity index (χ1v) is 8.64. The van der Waals surface area contributed by atoms with Crippen LogP contribution >= 0.6 is 35.5 Å². The Morgan fingerprint density at radius 1 is 1.41 bits per heavy atom. The van der Waals surface area contributed by atoms with Crippen molar-refractivity contribution < 1.29 is 4.79 Å². The van der Waals surface area contributed by atoms with Gasteiger partial charge in [-0.25, -0.2) is 4.98 Å². The number of carbonyl (C=O) groups is 1. The Balaban J connectivity index is 0.00000242. The highest BCUT2D eigenvalue weighted by atomic mass is 35.5. The molecule has 0 atom stereocenters. The van der Waals surface area contributed by atoms with E-state index in [1.165, 1.54) is 11.8 Å². The maximum atomic E-state index is 12.2. The van der Waals surface area contributed by atoms with Gasteiger partial charge in [0.05, 0.1) is 16.0 Å². The summed E-state index contributed by atoms with van der Waals surface area (Å²) in [5, 5.41) is 0. The van der Waals surface area contributed by atoms with Crippen LogP contribution in [0.25, 0.3) is 10.2 Å². The van der Waals surface area contributed by atoms with Crippen LogP contribution < -0.4 is 5.73 Å². The molecule has 4 nitrogen and oxygen atoms in total. The molecule has 0 unspecified atom stereocenters. The molecule has 0 bridgehead atoms. The van der Waals surface area contributed by atoms with E-state index in [9.17, 15) is 4.79 Å². The molecular weight excluding hydrogens is 338 g/mol. The molecule has 0 fully saturated rings. The van der Waals surface area contributed by atoms with Gasteiger partial charge in [0, 0.05) is 13.6 Å². The molecule has 2 rings (SSSR count). The molecular formula is C15H22ClN3OS2. The highest BCUT2D eigenvalue weighted by Gasteiger charge is 2.21. The monoisotopic (exact) mass is 359 g/mol. The molecule has 0 spiro atoms. The molecule has 2 N–H and O–H groups in total. The number of carbonyl (C=O) groups excluding carboxylic acids is 1. The number of hydrogen-bond acceptors (Lipinski definition) is 5. The zero-order chi connectivity index (χ0) is 15.5. The lowest BCUT2D eigenvalue weighted by Gasteiger charge is -2.28. The number of hydrogen-bond donors (Lipinski definition) is 1. The molecule has 22 heavy (non-hydrogen) atoms. The summed E-state index contributed by atoms with van der Waals surface area (Å²) in [6.07, 6.45) is 0. The predicted octanol–water partition coefficient (Wildman–Crippen LogP) is 3.25. The van der Waals surface area contributed by atoms with E-state index in [1.54, 1.807) is 16.2 Å². The van der Waals surface area contributed by atoms with Gasteiger partial charge >= 0.3 is 0 Å². The summed E-state index contributed by atoms with van der Waals surface area (Å²) < 4.78 is 2.10. The average Bonchev–Trinajstić information content (AvgIpc) is 2.87. The van der Waals surface area contributed by atoms with Gasteiger partial charge in [-0.1, -0.05) is 37.7 Å². The summed E-state index contributed by atoms with van der Waals surface area (Å²) in [6, 6.07) is 8.02. The van der Waals surface area contributed by atoms with Crippen LogP contribution in [0, 0.1) is 5.41 Å². The summed E-state index contributed by atoms with van der Waals surface area (Å²) >= 11 is 3.13. The van der Waals surface area contributed by atoms with Crippen LogP contribution in [-0.2, 0) is 4.79 Å². The number of thiazole rings is 1.